The van der Waals surface area contributed by atoms with Gasteiger partial charge >= 0.3 is 5.97 Å². The van der Waals surface area contributed by atoms with Crippen LogP contribution in [0.4, 0.5) is 0 Å². The number of allylic oxidation sites excluding steroid dienone is 1. The highest BCUT2D eigenvalue weighted by molar-refractivity contribution is 5.84. The lowest BCUT2D eigenvalue weighted by atomic mass is 9.65. The highest BCUT2D eigenvalue weighted by Crippen LogP contribution is 2.45. The minimum absolute atomic E-state index is 0.0610. The zero-order chi connectivity index (χ0) is 12.5. The largest absolute Gasteiger partial charge is 0.481 e. The summed E-state index contributed by atoms with van der Waals surface area (Å²) in [7, 11) is 0. The Morgan fingerprint density at radius 1 is 1.41 bits per heavy atom. The van der Waals surface area contributed by atoms with Gasteiger partial charge in [0.15, 0.2) is 0 Å². The van der Waals surface area contributed by atoms with E-state index >= 15 is 0 Å². The number of carbonyl (C=O) groups is 2. The fraction of sp³-hybridized carbons (Fsp3) is 0.692. The topological polar surface area (TPSA) is 66.4 Å². The molecule has 2 saturated carbocycles. The van der Waals surface area contributed by atoms with Gasteiger partial charge in [-0.3, -0.25) is 9.59 Å². The van der Waals surface area contributed by atoms with Crippen molar-refractivity contribution < 1.29 is 14.7 Å². The van der Waals surface area contributed by atoms with Crippen LogP contribution in [0, 0.1) is 11.3 Å². The van der Waals surface area contributed by atoms with Crippen molar-refractivity contribution in [1.29, 1.82) is 0 Å². The molecule has 94 valence electrons. The summed E-state index contributed by atoms with van der Waals surface area (Å²) in [6.07, 6.45) is 6.65. The molecule has 4 nitrogen and oxygen atoms in total. The molecule has 0 aromatic carbocycles. The van der Waals surface area contributed by atoms with Crippen LogP contribution in [0.1, 0.15) is 38.5 Å². The van der Waals surface area contributed by atoms with Crippen LogP contribution in [0.2, 0.25) is 0 Å². The SMILES string of the molecule is C=CCC1(C(=O)NC2CC(C(=O)O)C2)CCC1. The Morgan fingerprint density at radius 3 is 2.47 bits per heavy atom. The quantitative estimate of drug-likeness (QED) is 0.715. The van der Waals surface area contributed by atoms with Gasteiger partial charge in [0.05, 0.1) is 11.3 Å². The molecule has 4 heteroatoms. The molecule has 2 aliphatic carbocycles. The van der Waals surface area contributed by atoms with Crippen LogP contribution in [-0.2, 0) is 9.59 Å². The second-order valence-corrected chi connectivity index (χ2v) is 5.30. The van der Waals surface area contributed by atoms with Gasteiger partial charge in [-0.15, -0.1) is 6.58 Å². The molecule has 0 atom stereocenters. The number of carboxylic acid groups (broad SMARTS) is 1. The molecule has 0 unspecified atom stereocenters. The van der Waals surface area contributed by atoms with Crippen LogP contribution >= 0.6 is 0 Å². The van der Waals surface area contributed by atoms with E-state index in [-0.39, 0.29) is 23.3 Å². The summed E-state index contributed by atoms with van der Waals surface area (Å²) in [6, 6.07) is 0.0610. The summed E-state index contributed by atoms with van der Waals surface area (Å²) in [5.41, 5.74) is -0.240. The Bertz CT molecular complexity index is 341. The van der Waals surface area contributed by atoms with Crippen LogP contribution in [-0.4, -0.2) is 23.0 Å². The van der Waals surface area contributed by atoms with Crippen LogP contribution in [0.25, 0.3) is 0 Å². The molecule has 2 fully saturated rings. The maximum Gasteiger partial charge on any atom is 0.306 e. The number of rotatable bonds is 5. The van der Waals surface area contributed by atoms with E-state index in [0.717, 1.165) is 25.7 Å². The zero-order valence-electron chi connectivity index (χ0n) is 9.95. The van der Waals surface area contributed by atoms with Gasteiger partial charge in [0.2, 0.25) is 5.91 Å². The molecule has 0 radical (unpaired) electrons. The zero-order valence-corrected chi connectivity index (χ0v) is 9.95. The van der Waals surface area contributed by atoms with Gasteiger partial charge in [-0.1, -0.05) is 12.5 Å². The smallest absolute Gasteiger partial charge is 0.306 e. The summed E-state index contributed by atoms with van der Waals surface area (Å²) in [6.45, 7) is 3.70. The van der Waals surface area contributed by atoms with E-state index < -0.39 is 5.97 Å². The van der Waals surface area contributed by atoms with Crippen molar-refractivity contribution in [3.8, 4) is 0 Å². The third-order valence-electron chi connectivity index (χ3n) is 4.15. The molecule has 0 aromatic heterocycles. The summed E-state index contributed by atoms with van der Waals surface area (Å²) in [4.78, 5) is 22.8. The van der Waals surface area contributed by atoms with Crippen molar-refractivity contribution in [3.63, 3.8) is 0 Å². The summed E-state index contributed by atoms with van der Waals surface area (Å²) in [5.74, 6) is -0.922. The molecule has 2 rings (SSSR count). The number of carboxylic acids is 1. The number of aliphatic carboxylic acids is 1. The van der Waals surface area contributed by atoms with Gasteiger partial charge in [-0.2, -0.15) is 0 Å². The van der Waals surface area contributed by atoms with E-state index in [4.69, 9.17) is 5.11 Å². The fourth-order valence-corrected chi connectivity index (χ4v) is 2.68. The van der Waals surface area contributed by atoms with Crippen molar-refractivity contribution in [1.82, 2.24) is 5.32 Å². The van der Waals surface area contributed by atoms with Gasteiger partial charge in [-0.05, 0) is 32.1 Å². The predicted molar refractivity (Wildman–Crippen MR) is 63.4 cm³/mol. The van der Waals surface area contributed by atoms with Crippen molar-refractivity contribution >= 4 is 11.9 Å². The second-order valence-electron chi connectivity index (χ2n) is 5.30. The van der Waals surface area contributed by atoms with Gasteiger partial charge < -0.3 is 10.4 Å². The Kier molecular flexibility index (Phi) is 3.22. The first-order valence-corrected chi connectivity index (χ1v) is 6.22. The fourth-order valence-electron chi connectivity index (χ4n) is 2.68. The lowest BCUT2D eigenvalue weighted by Gasteiger charge is -2.42. The van der Waals surface area contributed by atoms with Crippen LogP contribution < -0.4 is 5.32 Å². The summed E-state index contributed by atoms with van der Waals surface area (Å²) >= 11 is 0. The molecule has 0 heterocycles. The van der Waals surface area contributed by atoms with Gasteiger partial charge in [-0.25, -0.2) is 0 Å². The predicted octanol–water partition coefficient (Wildman–Crippen LogP) is 1.71. The monoisotopic (exact) mass is 237 g/mol. The lowest BCUT2D eigenvalue weighted by Crippen LogP contribution is -2.53. The highest BCUT2D eigenvalue weighted by Gasteiger charge is 2.45. The standard InChI is InChI=1S/C13H19NO3/c1-2-4-13(5-3-6-13)12(17)14-10-7-9(8-10)11(15)16/h2,9-10H,1,3-8H2,(H,14,17)(H,15,16). The highest BCUT2D eigenvalue weighted by atomic mass is 16.4. The summed E-state index contributed by atoms with van der Waals surface area (Å²) in [5, 5.41) is 11.7. The van der Waals surface area contributed by atoms with Crippen LogP contribution in [0.5, 0.6) is 0 Å². The Balaban J connectivity index is 1.82. The third kappa shape index (κ3) is 2.21. The summed E-state index contributed by atoms with van der Waals surface area (Å²) < 4.78 is 0. The van der Waals surface area contributed by atoms with Crippen molar-refractivity contribution in [3.05, 3.63) is 12.7 Å². The number of carbonyl (C=O) groups excluding carboxylic acids is 1. The molecule has 0 aromatic rings. The first-order valence-electron chi connectivity index (χ1n) is 6.22. The van der Waals surface area contributed by atoms with Gasteiger partial charge in [0.1, 0.15) is 0 Å². The molecule has 2 N–H and O–H groups in total. The first kappa shape index (κ1) is 12.1. The van der Waals surface area contributed by atoms with Crippen molar-refractivity contribution in [2.45, 2.75) is 44.6 Å². The van der Waals surface area contributed by atoms with Crippen molar-refractivity contribution in [2.24, 2.45) is 11.3 Å². The second kappa shape index (κ2) is 4.51. The number of nitrogens with one attached hydrogen (secondary N) is 1. The van der Waals surface area contributed by atoms with Crippen molar-refractivity contribution in [2.75, 3.05) is 0 Å². The molecular formula is C13H19NO3. The van der Waals surface area contributed by atoms with E-state index in [1.165, 1.54) is 0 Å². The lowest BCUT2D eigenvalue weighted by molar-refractivity contribution is -0.147. The molecule has 0 spiro atoms. The first-order chi connectivity index (χ1) is 8.07. The van der Waals surface area contributed by atoms with E-state index in [1.807, 2.05) is 0 Å². The molecule has 1 amide bonds. The average molecular weight is 237 g/mol. The molecule has 0 aliphatic heterocycles. The normalized spacial score (nSPS) is 29.6. The van der Waals surface area contributed by atoms with Gasteiger partial charge in [0.25, 0.3) is 0 Å². The van der Waals surface area contributed by atoms with Crippen LogP contribution in [0.3, 0.4) is 0 Å². The van der Waals surface area contributed by atoms with Gasteiger partial charge in [0, 0.05) is 6.04 Å². The maximum absolute atomic E-state index is 12.1. The van der Waals surface area contributed by atoms with E-state index in [1.54, 1.807) is 6.08 Å². The minimum Gasteiger partial charge on any atom is -0.481 e. The molecular weight excluding hydrogens is 218 g/mol. The number of hydrogen-bond acceptors (Lipinski definition) is 2. The number of hydrogen-bond donors (Lipinski definition) is 2. The average Bonchev–Trinajstić information content (AvgIpc) is 2.15. The molecule has 0 bridgehead atoms. The Morgan fingerprint density at radius 2 is 2.06 bits per heavy atom. The maximum atomic E-state index is 12.1. The van der Waals surface area contributed by atoms with E-state index in [2.05, 4.69) is 11.9 Å². The molecule has 0 saturated heterocycles. The molecule has 2 aliphatic rings. The van der Waals surface area contributed by atoms with E-state index in [0.29, 0.717) is 12.8 Å². The number of amides is 1. The minimum atomic E-state index is -0.750. The third-order valence-corrected chi connectivity index (χ3v) is 4.15. The Labute approximate surface area is 101 Å². The van der Waals surface area contributed by atoms with E-state index in [9.17, 15) is 9.59 Å². The van der Waals surface area contributed by atoms with Crippen LogP contribution in [0.15, 0.2) is 12.7 Å². The molecule has 17 heavy (non-hydrogen) atoms. The Hall–Kier alpha value is -1.32.